The number of hydrogen-bond acceptors (Lipinski definition) is 4. The summed E-state index contributed by atoms with van der Waals surface area (Å²) in [4.78, 5) is 6.57. The van der Waals surface area contributed by atoms with Crippen molar-refractivity contribution in [3.63, 3.8) is 0 Å². The summed E-state index contributed by atoms with van der Waals surface area (Å²) < 4.78 is 6.15. The third-order valence-corrected chi connectivity index (χ3v) is 4.27. The zero-order valence-electron chi connectivity index (χ0n) is 14.7. The number of para-hydroxylation sites is 1. The molecule has 4 nitrogen and oxygen atoms in total. The predicted molar refractivity (Wildman–Crippen MR) is 104 cm³/mol. The summed E-state index contributed by atoms with van der Waals surface area (Å²) in [5.41, 5.74) is 7.96. The number of nitrogens with two attached hydrogens (primary N) is 1. The van der Waals surface area contributed by atoms with Crippen LogP contribution in [0.5, 0.6) is 11.5 Å². The minimum Gasteiger partial charge on any atom is -0.457 e. The molecule has 1 aromatic heterocycles. The molecule has 0 saturated carbocycles. The standard InChI is InChI=1S/C21H25N3O/c1-2-3-6-14-24(16-22)17-8-7-9-18(15-17)25-21-12-13-23-20-11-5-4-10-19(20)21/h4-5,7-13,15H,2-3,6,14,16,22H2,1H3. The molecule has 2 aromatic carbocycles. The van der Waals surface area contributed by atoms with Gasteiger partial charge in [0, 0.05) is 29.9 Å². The van der Waals surface area contributed by atoms with Gasteiger partial charge < -0.3 is 15.4 Å². The molecule has 2 N–H and O–H groups in total. The van der Waals surface area contributed by atoms with E-state index >= 15 is 0 Å². The van der Waals surface area contributed by atoms with Gasteiger partial charge in [-0.1, -0.05) is 38.0 Å². The van der Waals surface area contributed by atoms with Crippen LogP contribution in [0, 0.1) is 0 Å². The summed E-state index contributed by atoms with van der Waals surface area (Å²) in [5, 5.41) is 1.01. The fourth-order valence-corrected chi connectivity index (χ4v) is 2.91. The van der Waals surface area contributed by atoms with E-state index in [0.717, 1.165) is 41.1 Å². The lowest BCUT2D eigenvalue weighted by molar-refractivity contribution is 0.487. The van der Waals surface area contributed by atoms with E-state index in [2.05, 4.69) is 22.9 Å². The third-order valence-electron chi connectivity index (χ3n) is 4.27. The van der Waals surface area contributed by atoms with Crippen LogP contribution in [0.3, 0.4) is 0 Å². The Balaban J connectivity index is 1.81. The SMILES string of the molecule is CCCCCN(CN)c1cccc(Oc2ccnc3ccccc23)c1. The normalized spacial score (nSPS) is 10.8. The number of ether oxygens (including phenoxy) is 1. The number of nitrogens with zero attached hydrogens (tertiary/aromatic N) is 2. The highest BCUT2D eigenvalue weighted by atomic mass is 16.5. The summed E-state index contributed by atoms with van der Waals surface area (Å²) in [6.07, 6.45) is 5.35. The van der Waals surface area contributed by atoms with E-state index in [1.807, 2.05) is 48.5 Å². The van der Waals surface area contributed by atoms with Gasteiger partial charge in [0.05, 0.1) is 12.2 Å². The molecule has 0 aliphatic rings. The van der Waals surface area contributed by atoms with E-state index in [0.29, 0.717) is 6.67 Å². The van der Waals surface area contributed by atoms with Crippen molar-refractivity contribution in [1.82, 2.24) is 4.98 Å². The van der Waals surface area contributed by atoms with Crippen molar-refractivity contribution in [2.45, 2.75) is 26.2 Å². The fraction of sp³-hybridized carbons (Fsp3) is 0.286. The molecule has 0 aliphatic carbocycles. The van der Waals surface area contributed by atoms with Crippen LogP contribution in [0.15, 0.2) is 60.8 Å². The number of unbranched alkanes of at least 4 members (excludes halogenated alkanes) is 2. The third kappa shape index (κ3) is 4.28. The molecule has 0 bridgehead atoms. The monoisotopic (exact) mass is 335 g/mol. The average Bonchev–Trinajstić information content (AvgIpc) is 2.66. The van der Waals surface area contributed by atoms with Crippen molar-refractivity contribution in [2.75, 3.05) is 18.1 Å². The van der Waals surface area contributed by atoms with Crippen LogP contribution in [-0.2, 0) is 0 Å². The lowest BCUT2D eigenvalue weighted by Gasteiger charge is -2.23. The van der Waals surface area contributed by atoms with Crippen molar-refractivity contribution in [3.8, 4) is 11.5 Å². The summed E-state index contributed by atoms with van der Waals surface area (Å²) >= 11 is 0. The molecule has 3 rings (SSSR count). The van der Waals surface area contributed by atoms with Crippen LogP contribution in [0.2, 0.25) is 0 Å². The van der Waals surface area contributed by atoms with Gasteiger partial charge in [-0.15, -0.1) is 0 Å². The lowest BCUT2D eigenvalue weighted by Crippen LogP contribution is -2.30. The maximum absolute atomic E-state index is 6.15. The van der Waals surface area contributed by atoms with Crippen molar-refractivity contribution in [3.05, 3.63) is 60.8 Å². The molecule has 25 heavy (non-hydrogen) atoms. The molecular weight excluding hydrogens is 310 g/mol. The van der Waals surface area contributed by atoms with Crippen molar-refractivity contribution in [2.24, 2.45) is 5.73 Å². The first-order valence-electron chi connectivity index (χ1n) is 8.88. The van der Waals surface area contributed by atoms with Gasteiger partial charge in [0.15, 0.2) is 0 Å². The Morgan fingerprint density at radius 2 is 1.92 bits per heavy atom. The maximum atomic E-state index is 6.15. The van der Waals surface area contributed by atoms with Crippen LogP contribution in [-0.4, -0.2) is 18.2 Å². The van der Waals surface area contributed by atoms with E-state index < -0.39 is 0 Å². The topological polar surface area (TPSA) is 51.4 Å². The van der Waals surface area contributed by atoms with E-state index in [1.165, 1.54) is 12.8 Å². The minimum atomic E-state index is 0.505. The quantitative estimate of drug-likeness (QED) is 0.468. The van der Waals surface area contributed by atoms with Gasteiger partial charge in [-0.25, -0.2) is 0 Å². The summed E-state index contributed by atoms with van der Waals surface area (Å²) in [7, 11) is 0. The molecule has 3 aromatic rings. The van der Waals surface area contributed by atoms with Crippen molar-refractivity contribution < 1.29 is 4.74 Å². The predicted octanol–water partition coefficient (Wildman–Crippen LogP) is 4.94. The summed E-state index contributed by atoms with van der Waals surface area (Å²) in [6, 6.07) is 18.0. The molecule has 0 unspecified atom stereocenters. The van der Waals surface area contributed by atoms with Gasteiger partial charge in [0.2, 0.25) is 0 Å². The van der Waals surface area contributed by atoms with Gasteiger partial charge in [0.25, 0.3) is 0 Å². The highest BCUT2D eigenvalue weighted by Crippen LogP contribution is 2.30. The Morgan fingerprint density at radius 1 is 1.04 bits per heavy atom. The average molecular weight is 335 g/mol. The second-order valence-electron chi connectivity index (χ2n) is 6.08. The van der Waals surface area contributed by atoms with Crippen LogP contribution < -0.4 is 15.4 Å². The van der Waals surface area contributed by atoms with Crippen LogP contribution >= 0.6 is 0 Å². The van der Waals surface area contributed by atoms with E-state index in [1.54, 1.807) is 6.20 Å². The Kier molecular flexibility index (Phi) is 5.86. The first-order chi connectivity index (χ1) is 12.3. The van der Waals surface area contributed by atoms with Crippen LogP contribution in [0.25, 0.3) is 10.9 Å². The van der Waals surface area contributed by atoms with E-state index in [-0.39, 0.29) is 0 Å². The first-order valence-corrected chi connectivity index (χ1v) is 8.88. The molecule has 0 fully saturated rings. The highest BCUT2D eigenvalue weighted by Gasteiger charge is 2.08. The lowest BCUT2D eigenvalue weighted by atomic mass is 10.2. The Labute approximate surface area is 149 Å². The number of fused-ring (bicyclic) bond motifs is 1. The van der Waals surface area contributed by atoms with Gasteiger partial charge >= 0.3 is 0 Å². The molecular formula is C21H25N3O. The number of benzene rings is 2. The van der Waals surface area contributed by atoms with Gasteiger partial charge in [-0.3, -0.25) is 4.98 Å². The number of pyridine rings is 1. The second-order valence-corrected chi connectivity index (χ2v) is 6.08. The molecule has 0 amide bonds. The summed E-state index contributed by atoms with van der Waals surface area (Å²) in [6.45, 7) is 3.68. The molecule has 4 heteroatoms. The molecule has 1 heterocycles. The van der Waals surface area contributed by atoms with E-state index in [9.17, 15) is 0 Å². The number of aromatic nitrogens is 1. The summed E-state index contributed by atoms with van der Waals surface area (Å²) in [5.74, 6) is 1.62. The molecule has 0 atom stereocenters. The maximum Gasteiger partial charge on any atom is 0.138 e. The van der Waals surface area contributed by atoms with E-state index in [4.69, 9.17) is 10.5 Å². The largest absolute Gasteiger partial charge is 0.457 e. The van der Waals surface area contributed by atoms with Crippen LogP contribution in [0.1, 0.15) is 26.2 Å². The fourth-order valence-electron chi connectivity index (χ4n) is 2.91. The number of anilines is 1. The Bertz CT molecular complexity index is 814. The Hall–Kier alpha value is -2.59. The zero-order valence-corrected chi connectivity index (χ0v) is 14.7. The molecule has 0 saturated heterocycles. The second kappa shape index (κ2) is 8.49. The smallest absolute Gasteiger partial charge is 0.138 e. The van der Waals surface area contributed by atoms with Crippen molar-refractivity contribution in [1.29, 1.82) is 0 Å². The molecule has 0 aliphatic heterocycles. The highest BCUT2D eigenvalue weighted by molar-refractivity contribution is 5.84. The van der Waals surface area contributed by atoms with Gasteiger partial charge in [-0.05, 0) is 36.8 Å². The first kappa shape index (κ1) is 17.2. The molecule has 0 radical (unpaired) electrons. The van der Waals surface area contributed by atoms with Gasteiger partial charge in [0.1, 0.15) is 11.5 Å². The molecule has 0 spiro atoms. The number of rotatable bonds is 8. The Morgan fingerprint density at radius 3 is 2.76 bits per heavy atom. The molecule has 130 valence electrons. The van der Waals surface area contributed by atoms with Gasteiger partial charge in [-0.2, -0.15) is 0 Å². The van der Waals surface area contributed by atoms with Crippen LogP contribution in [0.4, 0.5) is 5.69 Å². The zero-order chi connectivity index (χ0) is 17.5. The minimum absolute atomic E-state index is 0.505. The van der Waals surface area contributed by atoms with Crippen molar-refractivity contribution >= 4 is 16.6 Å². The number of hydrogen-bond donors (Lipinski definition) is 1.